The van der Waals surface area contributed by atoms with E-state index in [9.17, 15) is 4.79 Å². The summed E-state index contributed by atoms with van der Waals surface area (Å²) in [4.78, 5) is 19.0. The van der Waals surface area contributed by atoms with E-state index in [1.807, 2.05) is 26.8 Å². The fourth-order valence-electron chi connectivity index (χ4n) is 5.40. The van der Waals surface area contributed by atoms with E-state index in [0.29, 0.717) is 12.5 Å². The van der Waals surface area contributed by atoms with Crippen LogP contribution in [-0.2, 0) is 17.6 Å². The number of nitrogens with zero attached hydrogens (tertiary/aromatic N) is 2. The second kappa shape index (κ2) is 11.4. The lowest BCUT2D eigenvalue weighted by Gasteiger charge is -2.34. The molecule has 4 heterocycles. The quantitative estimate of drug-likeness (QED) is 0.416. The lowest BCUT2D eigenvalue weighted by molar-refractivity contribution is 0.0327. The third kappa shape index (κ3) is 6.66. The number of carbonyl (C=O) groups is 1. The number of benzene rings is 2. The molecular formula is C33H42N2O4. The Morgan fingerprint density at radius 3 is 2.18 bits per heavy atom. The maximum atomic E-state index is 12.6. The summed E-state index contributed by atoms with van der Waals surface area (Å²) in [6.45, 7) is 13.3. The van der Waals surface area contributed by atoms with Crippen LogP contribution in [0.2, 0.25) is 0 Å². The molecule has 0 fully saturated rings. The van der Waals surface area contributed by atoms with E-state index in [4.69, 9.17) is 14.2 Å². The second-order valence-electron chi connectivity index (χ2n) is 12.3. The zero-order valence-corrected chi connectivity index (χ0v) is 24.1. The first-order valence-electron chi connectivity index (χ1n) is 14.4. The van der Waals surface area contributed by atoms with Gasteiger partial charge in [-0.3, -0.25) is 9.89 Å². The minimum atomic E-state index is -0.496. The van der Waals surface area contributed by atoms with Crippen molar-refractivity contribution in [1.82, 2.24) is 4.90 Å². The topological polar surface area (TPSA) is 60.4 Å². The third-order valence-corrected chi connectivity index (χ3v) is 7.60. The van der Waals surface area contributed by atoms with E-state index in [-0.39, 0.29) is 6.09 Å². The first-order valence-corrected chi connectivity index (χ1v) is 14.4. The molecule has 2 aromatic rings. The Kier molecular flexibility index (Phi) is 8.01. The molecule has 6 heteroatoms. The molecule has 0 N–H and O–H groups in total. The van der Waals surface area contributed by atoms with Crippen molar-refractivity contribution < 1.29 is 19.0 Å². The van der Waals surface area contributed by atoms with Crippen molar-refractivity contribution in [2.24, 2.45) is 16.8 Å². The van der Waals surface area contributed by atoms with Gasteiger partial charge >= 0.3 is 6.09 Å². The first-order chi connectivity index (χ1) is 18.7. The zero-order valence-electron chi connectivity index (χ0n) is 24.1. The van der Waals surface area contributed by atoms with Crippen molar-refractivity contribution in [2.45, 2.75) is 72.3 Å². The maximum absolute atomic E-state index is 12.6. The van der Waals surface area contributed by atoms with Crippen LogP contribution in [0.5, 0.6) is 11.5 Å². The van der Waals surface area contributed by atoms with Gasteiger partial charge in [-0.25, -0.2) is 4.79 Å². The number of rotatable bonds is 2. The molecule has 0 saturated heterocycles. The van der Waals surface area contributed by atoms with E-state index in [0.717, 1.165) is 74.1 Å². The fraction of sp³-hybridized carbons (Fsp3) is 0.515. The Morgan fingerprint density at radius 1 is 0.923 bits per heavy atom. The molecule has 2 atom stereocenters. The largest absolute Gasteiger partial charge is 0.493 e. The molecule has 0 unspecified atom stereocenters. The summed E-state index contributed by atoms with van der Waals surface area (Å²) in [5, 5.41) is 0. The Balaban J connectivity index is 0.000000168. The number of hydrogen-bond donors (Lipinski definition) is 0. The van der Waals surface area contributed by atoms with Gasteiger partial charge < -0.3 is 14.2 Å². The molecule has 6 rings (SSSR count). The number of hydrogen-bond acceptors (Lipinski definition) is 5. The van der Waals surface area contributed by atoms with Crippen LogP contribution in [0.4, 0.5) is 4.79 Å². The maximum Gasteiger partial charge on any atom is 0.414 e. The van der Waals surface area contributed by atoms with E-state index < -0.39 is 5.60 Å². The number of amides is 1. The van der Waals surface area contributed by atoms with Gasteiger partial charge in [0.15, 0.2) is 0 Å². The minimum absolute atomic E-state index is 0.281. The van der Waals surface area contributed by atoms with Crippen molar-refractivity contribution in [3.05, 3.63) is 64.7 Å². The molecule has 0 aromatic heterocycles. The van der Waals surface area contributed by atoms with E-state index >= 15 is 0 Å². The predicted octanol–water partition coefficient (Wildman–Crippen LogP) is 7.08. The van der Waals surface area contributed by atoms with Crippen molar-refractivity contribution in [3.63, 3.8) is 0 Å². The summed E-state index contributed by atoms with van der Waals surface area (Å²) in [7, 11) is 0. The Bertz CT molecular complexity index is 1270. The normalized spacial score (nSPS) is 21.8. The van der Waals surface area contributed by atoms with Gasteiger partial charge in [-0.1, -0.05) is 44.2 Å². The van der Waals surface area contributed by atoms with Crippen molar-refractivity contribution in [3.8, 4) is 11.5 Å². The molecule has 0 saturated carbocycles. The van der Waals surface area contributed by atoms with Crippen LogP contribution in [0.25, 0.3) is 5.70 Å². The Morgan fingerprint density at radius 2 is 1.56 bits per heavy atom. The van der Waals surface area contributed by atoms with Gasteiger partial charge in [0.2, 0.25) is 0 Å². The molecule has 6 nitrogen and oxygen atoms in total. The van der Waals surface area contributed by atoms with Gasteiger partial charge in [-0.15, -0.1) is 0 Å². The molecule has 4 aliphatic rings. The zero-order chi connectivity index (χ0) is 27.6. The van der Waals surface area contributed by atoms with Crippen LogP contribution in [0.3, 0.4) is 0 Å². The SMILES string of the molecule is C[C@H]1CC=C(c2ccc3c(c2)OCC3)N(C(=O)OC(C)(C)C)C1.C[C@H]1CCC(c2ccc3c(c2)OCC3)=NC1. The highest BCUT2D eigenvalue weighted by Crippen LogP contribution is 2.34. The predicted molar refractivity (Wildman–Crippen MR) is 156 cm³/mol. The Labute approximate surface area is 233 Å². The highest BCUT2D eigenvalue weighted by molar-refractivity contribution is 6.01. The average molecular weight is 531 g/mol. The summed E-state index contributed by atoms with van der Waals surface area (Å²) in [6.07, 6.45) is 7.20. The molecule has 0 bridgehead atoms. The van der Waals surface area contributed by atoms with Gasteiger partial charge in [-0.2, -0.15) is 0 Å². The fourth-order valence-corrected chi connectivity index (χ4v) is 5.40. The molecule has 0 aliphatic carbocycles. The number of ether oxygens (including phenoxy) is 3. The monoisotopic (exact) mass is 530 g/mol. The van der Waals surface area contributed by atoms with Crippen molar-refractivity contribution in [2.75, 3.05) is 26.3 Å². The van der Waals surface area contributed by atoms with Gasteiger partial charge in [-0.05, 0) is 80.7 Å². The van der Waals surface area contributed by atoms with E-state index in [1.54, 1.807) is 4.90 Å². The molecule has 39 heavy (non-hydrogen) atoms. The molecule has 208 valence electrons. The molecule has 4 aliphatic heterocycles. The smallest absolute Gasteiger partial charge is 0.414 e. The van der Waals surface area contributed by atoms with Crippen LogP contribution in [-0.4, -0.2) is 48.6 Å². The number of aliphatic imine (C=N–C) groups is 1. The Hall–Kier alpha value is -3.28. The number of fused-ring (bicyclic) bond motifs is 2. The second-order valence-corrected chi connectivity index (χ2v) is 12.3. The average Bonchev–Trinajstić information content (AvgIpc) is 3.57. The summed E-state index contributed by atoms with van der Waals surface area (Å²) >= 11 is 0. The van der Waals surface area contributed by atoms with Gasteiger partial charge in [0.1, 0.15) is 17.1 Å². The summed E-state index contributed by atoms with van der Waals surface area (Å²) in [5.74, 6) is 3.18. The van der Waals surface area contributed by atoms with Crippen LogP contribution in [0.15, 0.2) is 47.5 Å². The summed E-state index contributed by atoms with van der Waals surface area (Å²) in [6, 6.07) is 12.8. The van der Waals surface area contributed by atoms with E-state index in [2.05, 4.69) is 55.2 Å². The van der Waals surface area contributed by atoms with Crippen molar-refractivity contribution >= 4 is 17.5 Å². The molecule has 2 aromatic carbocycles. The van der Waals surface area contributed by atoms with E-state index in [1.165, 1.54) is 28.8 Å². The summed E-state index contributed by atoms with van der Waals surface area (Å²) in [5.41, 5.74) is 6.54. The number of allylic oxidation sites excluding steroid dienone is 1. The lowest BCUT2D eigenvalue weighted by Crippen LogP contribution is -2.39. The molecular weight excluding hydrogens is 488 g/mol. The molecule has 1 amide bonds. The molecule has 0 radical (unpaired) electrons. The highest BCUT2D eigenvalue weighted by Gasteiger charge is 2.30. The lowest BCUT2D eigenvalue weighted by atomic mass is 9.95. The van der Waals surface area contributed by atoms with Crippen LogP contribution >= 0.6 is 0 Å². The summed E-state index contributed by atoms with van der Waals surface area (Å²) < 4.78 is 16.8. The van der Waals surface area contributed by atoms with Gasteiger partial charge in [0.25, 0.3) is 0 Å². The molecule has 0 spiro atoms. The number of carbonyl (C=O) groups excluding carboxylic acids is 1. The van der Waals surface area contributed by atoms with Crippen LogP contribution in [0, 0.1) is 11.8 Å². The van der Waals surface area contributed by atoms with Crippen LogP contribution in [0.1, 0.15) is 76.1 Å². The third-order valence-electron chi connectivity index (χ3n) is 7.60. The van der Waals surface area contributed by atoms with Crippen molar-refractivity contribution in [1.29, 1.82) is 0 Å². The van der Waals surface area contributed by atoms with Crippen LogP contribution < -0.4 is 9.47 Å². The van der Waals surface area contributed by atoms with Gasteiger partial charge in [0.05, 0.1) is 18.9 Å². The standard InChI is InChI=1S/C19H25NO3.C14H17NO/c1-13-5-8-16(20(12-13)18(21)23-19(2,3)4)15-7-6-14-9-10-22-17(14)11-15;1-10-2-5-13(15-9-10)12-4-3-11-6-7-16-14(11)8-12/h6-8,11,13H,5,9-10,12H2,1-4H3;3-4,8,10H,2,5-7,9H2,1H3/t13-;10-/m00/s1. The highest BCUT2D eigenvalue weighted by atomic mass is 16.6. The minimum Gasteiger partial charge on any atom is -0.493 e. The van der Waals surface area contributed by atoms with Gasteiger partial charge in [0, 0.05) is 37.2 Å². The first kappa shape index (κ1) is 27.3.